The molecule has 2 aliphatic heterocycles. The molecule has 48 heavy (non-hydrogen) atoms. The molecule has 3 aromatic carbocycles. The van der Waals surface area contributed by atoms with E-state index in [1.165, 1.54) is 11.0 Å². The minimum absolute atomic E-state index is 0.00798. The molecule has 5 rings (SSSR count). The second-order valence-corrected chi connectivity index (χ2v) is 13.1. The number of hydrogen-bond donors (Lipinski definition) is 1. The highest BCUT2D eigenvalue weighted by Gasteiger charge is 2.67. The van der Waals surface area contributed by atoms with Gasteiger partial charge in [-0.05, 0) is 66.9 Å². The van der Waals surface area contributed by atoms with Gasteiger partial charge in [-0.25, -0.2) is 19.3 Å². The van der Waals surface area contributed by atoms with Crippen LogP contribution in [0.1, 0.15) is 49.9 Å². The van der Waals surface area contributed by atoms with E-state index in [9.17, 15) is 19.2 Å². The molecule has 0 radical (unpaired) electrons. The van der Waals surface area contributed by atoms with Crippen LogP contribution in [-0.4, -0.2) is 55.2 Å². The number of amides is 2. The quantitative estimate of drug-likeness (QED) is 0.145. The van der Waals surface area contributed by atoms with Crippen molar-refractivity contribution in [3.05, 3.63) is 106 Å². The zero-order valence-electron chi connectivity index (χ0n) is 27.1. The first-order valence-corrected chi connectivity index (χ1v) is 16.2. The number of fused-ring (bicyclic) bond motifs is 5. The van der Waals surface area contributed by atoms with Gasteiger partial charge < -0.3 is 29.0 Å². The Morgan fingerprint density at radius 3 is 2.44 bits per heavy atom. The van der Waals surface area contributed by atoms with Gasteiger partial charge in [-0.2, -0.15) is 0 Å². The molecule has 252 valence electrons. The molecule has 0 spiro atoms. The molecule has 2 aliphatic rings. The predicted octanol–water partition coefficient (Wildman–Crippen LogP) is 6.34. The Kier molecular flexibility index (Phi) is 10.1. The summed E-state index contributed by atoms with van der Waals surface area (Å²) in [4.78, 5) is 55.2. The third-order valence-electron chi connectivity index (χ3n) is 7.72. The lowest BCUT2D eigenvalue weighted by Crippen LogP contribution is -2.52. The average Bonchev–Trinajstić information content (AvgIpc) is 3.53. The molecule has 0 fully saturated rings. The molecular weight excluding hydrogens is 684 g/mol. The molecule has 0 saturated heterocycles. The van der Waals surface area contributed by atoms with E-state index in [1.807, 2.05) is 30.3 Å². The summed E-state index contributed by atoms with van der Waals surface area (Å²) in [6.45, 7) is 10.5. The molecule has 12 heteroatoms. The summed E-state index contributed by atoms with van der Waals surface area (Å²) in [5.74, 6) is -0.955. The van der Waals surface area contributed by atoms with Crippen LogP contribution < -0.4 is 15.0 Å². The van der Waals surface area contributed by atoms with Gasteiger partial charge in [-0.3, -0.25) is 4.79 Å². The second-order valence-electron chi connectivity index (χ2n) is 12.2. The molecule has 0 bridgehead atoms. The summed E-state index contributed by atoms with van der Waals surface area (Å²) in [5, 5.41) is 2.65. The van der Waals surface area contributed by atoms with Crippen LogP contribution in [0.25, 0.3) is 0 Å². The summed E-state index contributed by atoms with van der Waals surface area (Å²) in [5.41, 5.74) is 0.221. The lowest BCUT2D eigenvalue weighted by Gasteiger charge is -2.29. The number of halogens is 1. The van der Waals surface area contributed by atoms with Crippen molar-refractivity contribution >= 4 is 45.7 Å². The lowest BCUT2D eigenvalue weighted by atomic mass is 9.75. The minimum Gasteiger partial charge on any atom is -0.468 e. The fourth-order valence-corrected chi connectivity index (χ4v) is 6.40. The summed E-state index contributed by atoms with van der Waals surface area (Å²) in [7, 11) is 0. The van der Waals surface area contributed by atoms with Gasteiger partial charge in [0.2, 0.25) is 6.23 Å². The zero-order chi connectivity index (χ0) is 34.6. The number of ether oxygens (including phenoxy) is 5. The number of hydrogen-bond acceptors (Lipinski definition) is 9. The number of anilines is 1. The molecule has 0 saturated carbocycles. The monoisotopic (exact) mass is 720 g/mol. The van der Waals surface area contributed by atoms with Crippen molar-refractivity contribution in [2.45, 2.75) is 64.0 Å². The number of alkyl carbamates (subject to hydrolysis) is 1. The Balaban J connectivity index is 1.53. The Hall–Kier alpha value is -4.84. The van der Waals surface area contributed by atoms with E-state index in [1.54, 1.807) is 64.1 Å². The van der Waals surface area contributed by atoms with Crippen LogP contribution in [0, 0.1) is 0 Å². The van der Waals surface area contributed by atoms with Crippen molar-refractivity contribution in [2.24, 2.45) is 0 Å². The van der Waals surface area contributed by atoms with E-state index in [0.717, 1.165) is 5.56 Å². The summed E-state index contributed by atoms with van der Waals surface area (Å²) in [6.07, 6.45) is -1.29. The molecule has 0 aromatic heterocycles. The van der Waals surface area contributed by atoms with Crippen molar-refractivity contribution in [2.75, 3.05) is 18.1 Å². The number of carbonyl (C=O) groups is 4. The van der Waals surface area contributed by atoms with Crippen molar-refractivity contribution in [3.8, 4) is 5.75 Å². The first-order valence-electron chi connectivity index (χ1n) is 15.4. The molecule has 3 atom stereocenters. The molecule has 2 heterocycles. The second kappa shape index (κ2) is 14.1. The molecule has 2 amide bonds. The Morgan fingerprint density at radius 1 is 1.00 bits per heavy atom. The summed E-state index contributed by atoms with van der Waals surface area (Å²) in [6, 6.07) is 18.4. The fourth-order valence-electron chi connectivity index (χ4n) is 5.84. The maximum Gasteiger partial charge on any atom is 0.417 e. The maximum absolute atomic E-state index is 14.1. The Morgan fingerprint density at radius 2 is 1.75 bits per heavy atom. The number of rotatable bonds is 10. The maximum atomic E-state index is 14.1. The Labute approximate surface area is 287 Å². The SMILES string of the molecule is C=CCOC(=O)N1c2c(Br)cccc2C2(C(=O)OCC)c3cc(C[C@H](NC(=O)OCc4ccccc4)C(=O)OC(C)(C)C)ccc3OC12. The third kappa shape index (κ3) is 6.75. The average molecular weight is 722 g/mol. The van der Waals surface area contributed by atoms with Crippen LogP contribution in [0.5, 0.6) is 5.75 Å². The molecule has 0 aliphatic carbocycles. The minimum atomic E-state index is -1.60. The predicted molar refractivity (Wildman–Crippen MR) is 180 cm³/mol. The van der Waals surface area contributed by atoms with E-state index in [-0.39, 0.29) is 26.2 Å². The van der Waals surface area contributed by atoms with Crippen LogP contribution >= 0.6 is 15.9 Å². The van der Waals surface area contributed by atoms with Gasteiger partial charge >= 0.3 is 24.1 Å². The van der Waals surface area contributed by atoms with Crippen LogP contribution in [0.2, 0.25) is 0 Å². The third-order valence-corrected chi connectivity index (χ3v) is 8.36. The smallest absolute Gasteiger partial charge is 0.417 e. The van der Waals surface area contributed by atoms with E-state index in [4.69, 9.17) is 23.7 Å². The number of esters is 2. The highest BCUT2D eigenvalue weighted by Crippen LogP contribution is 2.59. The van der Waals surface area contributed by atoms with Gasteiger partial charge in [-0.1, -0.05) is 67.3 Å². The normalized spacial score (nSPS) is 17.9. The van der Waals surface area contributed by atoms with Gasteiger partial charge in [0, 0.05) is 22.0 Å². The highest BCUT2D eigenvalue weighted by molar-refractivity contribution is 9.10. The molecule has 2 unspecified atom stereocenters. The highest BCUT2D eigenvalue weighted by atomic mass is 79.9. The van der Waals surface area contributed by atoms with Crippen molar-refractivity contribution in [1.82, 2.24) is 5.32 Å². The summed E-state index contributed by atoms with van der Waals surface area (Å²) >= 11 is 3.54. The first-order chi connectivity index (χ1) is 22.9. The number of nitrogens with zero attached hydrogens (tertiary/aromatic N) is 1. The standard InChI is InChI=1S/C36H37BrN2O9/c1-6-18-45-34(43)39-29-24(14-11-15-26(29)37)36(32(41)44-7-2)25-19-23(16-17-28(25)47-31(36)39)20-27(30(40)48-35(3,4)5)38-33(42)46-21-22-12-9-8-10-13-22/h6,8-17,19,27,31H,1,7,18,20-21H2,2-5H3,(H,38,42)/t27-,31?,36?/m0/s1. The fraction of sp³-hybridized carbons (Fsp3) is 0.333. The van der Waals surface area contributed by atoms with Crippen molar-refractivity contribution in [3.63, 3.8) is 0 Å². The topological polar surface area (TPSA) is 130 Å². The van der Waals surface area contributed by atoms with E-state index < -0.39 is 47.4 Å². The first kappa shape index (κ1) is 34.5. The van der Waals surface area contributed by atoms with Gasteiger partial charge in [0.1, 0.15) is 30.6 Å². The lowest BCUT2D eigenvalue weighted by molar-refractivity contribution is -0.157. The van der Waals surface area contributed by atoms with Gasteiger partial charge in [-0.15, -0.1) is 0 Å². The van der Waals surface area contributed by atoms with E-state index in [2.05, 4.69) is 27.8 Å². The van der Waals surface area contributed by atoms with E-state index in [0.29, 0.717) is 32.6 Å². The molecule has 1 N–H and O–H groups in total. The van der Waals surface area contributed by atoms with Crippen LogP contribution in [0.3, 0.4) is 0 Å². The number of nitrogens with one attached hydrogen (secondary N) is 1. The molecule has 11 nitrogen and oxygen atoms in total. The Bertz CT molecular complexity index is 1720. The van der Waals surface area contributed by atoms with Crippen LogP contribution in [-0.2, 0) is 47.0 Å². The summed E-state index contributed by atoms with van der Waals surface area (Å²) < 4.78 is 29.0. The van der Waals surface area contributed by atoms with Gasteiger partial charge in [0.05, 0.1) is 12.3 Å². The number of carbonyl (C=O) groups excluding carboxylic acids is 4. The number of benzene rings is 3. The van der Waals surface area contributed by atoms with Crippen LogP contribution in [0.15, 0.2) is 83.9 Å². The molecular formula is C36H37BrN2O9. The van der Waals surface area contributed by atoms with Crippen molar-refractivity contribution in [1.29, 1.82) is 0 Å². The largest absolute Gasteiger partial charge is 0.468 e. The zero-order valence-corrected chi connectivity index (χ0v) is 28.7. The van der Waals surface area contributed by atoms with Gasteiger partial charge in [0.25, 0.3) is 0 Å². The van der Waals surface area contributed by atoms with Gasteiger partial charge in [0.15, 0.2) is 5.41 Å². The van der Waals surface area contributed by atoms with Crippen molar-refractivity contribution < 1.29 is 42.9 Å². The van der Waals surface area contributed by atoms with E-state index >= 15 is 0 Å². The number of para-hydroxylation sites is 1. The van der Waals surface area contributed by atoms with Crippen LogP contribution in [0.4, 0.5) is 15.3 Å². The molecule has 3 aromatic rings.